The van der Waals surface area contributed by atoms with Crippen LogP contribution in [0.5, 0.6) is 0 Å². The number of hydrogen-bond acceptors (Lipinski definition) is 2. The molecule has 0 aromatic rings. The molecule has 0 spiro atoms. The van der Waals surface area contributed by atoms with Gasteiger partial charge in [0.2, 0.25) is 0 Å². The van der Waals surface area contributed by atoms with Gasteiger partial charge in [0.05, 0.1) is 0 Å². The number of halogens is 12. The molecule has 0 fully saturated rings. The fourth-order valence-corrected chi connectivity index (χ4v) is 8.28. The van der Waals surface area contributed by atoms with Crippen LogP contribution in [0.15, 0.2) is 0 Å². The molecule has 0 aliphatic rings. The first-order valence-electron chi connectivity index (χ1n) is 4.92. The predicted molar refractivity (Wildman–Crippen MR) is 40.8 cm³/mol. The minimum absolute atomic E-state index is 0.473. The van der Waals surface area contributed by atoms with Crippen molar-refractivity contribution in [3.63, 3.8) is 0 Å². The molecule has 0 aromatic carbocycles. The van der Waals surface area contributed by atoms with Crippen molar-refractivity contribution in [2.45, 2.75) is 30.6 Å². The first-order valence-corrected chi connectivity index (χ1v) is 10.4. The summed E-state index contributed by atoms with van der Waals surface area (Å²) in [4.78, 5) is 0. The van der Waals surface area contributed by atoms with Crippen molar-refractivity contribution in [2.75, 3.05) is 0 Å². The molecule has 0 unspecified atom stereocenters. The Hall–Kier alpha value is -0.925. The third-order valence-corrected chi connectivity index (χ3v) is 14.4. The Kier molecular flexibility index (Phi) is 5.62. The van der Waals surface area contributed by atoms with E-state index in [0.29, 0.717) is 0 Å². The van der Waals surface area contributed by atoms with Crippen LogP contribution in [0.3, 0.4) is 0 Å². The van der Waals surface area contributed by atoms with Gasteiger partial charge in [-0.25, -0.2) is 0 Å². The zero-order valence-corrected chi connectivity index (χ0v) is 15.6. The van der Waals surface area contributed by atoms with E-state index in [9.17, 15) is 52.7 Å². The van der Waals surface area contributed by atoms with Crippen LogP contribution >= 0.6 is 0 Å². The van der Waals surface area contributed by atoms with E-state index in [4.69, 9.17) is 10.5 Å². The van der Waals surface area contributed by atoms with Gasteiger partial charge in [0.15, 0.2) is 0 Å². The molecule has 0 saturated heterocycles. The van der Waals surface area contributed by atoms with Gasteiger partial charge in [0.1, 0.15) is 0 Å². The molecule has 23 heavy (non-hydrogen) atoms. The molecule has 0 aliphatic carbocycles. The van der Waals surface area contributed by atoms with E-state index in [0.717, 1.165) is 0 Å². The van der Waals surface area contributed by atoms with E-state index < -0.39 is 67.3 Å². The molecule has 0 amide bonds. The second-order valence-electron chi connectivity index (χ2n) is 4.20. The average molecular weight is 553 g/mol. The summed E-state index contributed by atoms with van der Waals surface area (Å²) in [7, 11) is 0. The predicted octanol–water partition coefficient (Wildman–Crippen LogP) is 4.68. The van der Waals surface area contributed by atoms with Crippen LogP contribution in [0.25, 0.3) is 0 Å². The standard InChI is InChI=1S/2C4F6N.Hg/c2*5-3(6,7)2(1-11)4(8,9)10;. The van der Waals surface area contributed by atoms with Crippen molar-refractivity contribution < 1.29 is 77.3 Å². The summed E-state index contributed by atoms with van der Waals surface area (Å²) < 4.78 is 139. The van der Waals surface area contributed by atoms with Crippen molar-refractivity contribution in [1.82, 2.24) is 0 Å². The van der Waals surface area contributed by atoms with E-state index in [-0.39, 0.29) is 0 Å². The van der Waals surface area contributed by atoms with Crippen LogP contribution in [-0.2, 0) is 24.6 Å². The Morgan fingerprint density at radius 1 is 0.478 bits per heavy atom. The SMILES string of the molecule is N#C[C]([Hg][C](C#N)(C(F)(F)F)C(F)(F)F)(C(F)(F)F)C(F)(F)F. The second-order valence-corrected chi connectivity index (χ2v) is 13.8. The van der Waals surface area contributed by atoms with Gasteiger partial charge in [-0.15, -0.1) is 0 Å². The number of nitrogens with zero attached hydrogens (tertiary/aromatic N) is 2. The summed E-state index contributed by atoms with van der Waals surface area (Å²) in [5.74, 6) is 0. The summed E-state index contributed by atoms with van der Waals surface area (Å²) in [6, 6.07) is -0.946. The average Bonchev–Trinajstić information content (AvgIpc) is 2.23. The van der Waals surface area contributed by atoms with Crippen LogP contribution < -0.4 is 0 Å². The topological polar surface area (TPSA) is 47.6 Å². The fourth-order valence-electron chi connectivity index (χ4n) is 1.45. The molecular formula is C8F12HgN2. The summed E-state index contributed by atoms with van der Waals surface area (Å²) in [6.45, 7) is 0. The number of nitriles is 2. The zero-order valence-electron chi connectivity index (χ0n) is 10.1. The van der Waals surface area contributed by atoms with E-state index in [1.54, 1.807) is 0 Å². The number of alkyl halides is 12. The van der Waals surface area contributed by atoms with Gasteiger partial charge in [-0.2, -0.15) is 0 Å². The molecule has 0 rings (SSSR count). The van der Waals surface area contributed by atoms with Crippen molar-refractivity contribution in [2.24, 2.45) is 0 Å². The van der Waals surface area contributed by atoms with Gasteiger partial charge in [0, 0.05) is 0 Å². The third-order valence-electron chi connectivity index (χ3n) is 2.85. The molecule has 128 valence electrons. The minimum atomic E-state index is -6.75. The molecule has 0 aliphatic heterocycles. The molecular weight excluding hydrogens is 553 g/mol. The van der Waals surface area contributed by atoms with Crippen LogP contribution in [0.4, 0.5) is 52.7 Å². The molecule has 2 nitrogen and oxygen atoms in total. The molecule has 0 radical (unpaired) electrons. The number of hydrogen-bond donors (Lipinski definition) is 0. The summed E-state index contributed by atoms with van der Waals surface area (Å²) in [5, 5.41) is 16.3. The zero-order chi connectivity index (χ0) is 19.1. The first kappa shape index (κ1) is 22.1. The van der Waals surface area contributed by atoms with E-state index in [2.05, 4.69) is 0 Å². The molecule has 0 heterocycles. The Balaban J connectivity index is 6.73. The fraction of sp³-hybridized carbons (Fsp3) is 0.750. The monoisotopic (exact) mass is 554 g/mol. The van der Waals surface area contributed by atoms with Gasteiger partial charge in [-0.05, 0) is 0 Å². The third kappa shape index (κ3) is 3.46. The Morgan fingerprint density at radius 3 is 0.739 bits per heavy atom. The van der Waals surface area contributed by atoms with Crippen molar-refractivity contribution in [1.29, 1.82) is 10.5 Å². The Labute approximate surface area is 131 Å². The normalized spacial score (nSPS) is 14.7. The molecule has 0 bridgehead atoms. The maximum atomic E-state index is 12.6. The van der Waals surface area contributed by atoms with Crippen LogP contribution in [-0.4, -0.2) is 24.7 Å². The quantitative estimate of drug-likeness (QED) is 0.369. The van der Waals surface area contributed by atoms with Crippen molar-refractivity contribution in [3.8, 4) is 12.1 Å². The maximum absolute atomic E-state index is 12.6. The van der Waals surface area contributed by atoms with E-state index in [1.807, 2.05) is 0 Å². The summed E-state index contributed by atoms with van der Waals surface area (Å²) in [6.07, 6.45) is -27.0. The van der Waals surface area contributed by atoms with E-state index in [1.165, 1.54) is 0 Å². The first-order chi connectivity index (χ1) is 9.83. The van der Waals surface area contributed by atoms with Gasteiger partial charge in [-0.3, -0.25) is 0 Å². The van der Waals surface area contributed by atoms with Crippen LogP contribution in [0.1, 0.15) is 0 Å². The van der Waals surface area contributed by atoms with Crippen LogP contribution in [0, 0.1) is 22.7 Å². The van der Waals surface area contributed by atoms with Gasteiger partial charge in [-0.1, -0.05) is 0 Å². The molecule has 15 heteroatoms. The molecule has 0 N–H and O–H groups in total. The number of rotatable bonds is 2. The Morgan fingerprint density at radius 2 is 0.652 bits per heavy atom. The van der Waals surface area contributed by atoms with Crippen LogP contribution in [0.2, 0.25) is 5.85 Å². The van der Waals surface area contributed by atoms with Gasteiger partial charge < -0.3 is 0 Å². The van der Waals surface area contributed by atoms with Gasteiger partial charge >= 0.3 is 130 Å². The second kappa shape index (κ2) is 5.86. The molecule has 0 aromatic heterocycles. The summed E-state index contributed by atoms with van der Waals surface area (Å²) >= 11 is -6.63. The van der Waals surface area contributed by atoms with Crippen molar-refractivity contribution in [3.05, 3.63) is 0 Å². The summed E-state index contributed by atoms with van der Waals surface area (Å²) in [5.41, 5.74) is 0. The van der Waals surface area contributed by atoms with Gasteiger partial charge in [0.25, 0.3) is 0 Å². The molecule has 0 saturated carbocycles. The molecule has 0 atom stereocenters. The Bertz CT molecular complexity index is 448. The van der Waals surface area contributed by atoms with Crippen molar-refractivity contribution >= 4 is 0 Å². The van der Waals surface area contributed by atoms with E-state index >= 15 is 0 Å².